The second kappa shape index (κ2) is 6.82. The largest absolute Gasteiger partial charge is 0.455 e. The van der Waals surface area contributed by atoms with E-state index in [4.69, 9.17) is 16.3 Å². The first-order valence-electron chi connectivity index (χ1n) is 5.97. The Morgan fingerprint density at radius 2 is 2.00 bits per heavy atom. The molecule has 1 aliphatic carbocycles. The standard InChI is InChI=1S/C13H14ClNO3S/c14-9-1-5-11(6-2-9)19-8-13(17)18-7-12(16)15-10-3-4-10/h1-2,5-6,10H,3-4,7-8H2,(H,15,16). The van der Waals surface area contributed by atoms with Crippen molar-refractivity contribution in [3.8, 4) is 0 Å². The highest BCUT2D eigenvalue weighted by Gasteiger charge is 2.23. The summed E-state index contributed by atoms with van der Waals surface area (Å²) in [6, 6.07) is 7.48. The normalized spacial score (nSPS) is 13.9. The summed E-state index contributed by atoms with van der Waals surface area (Å²) in [6.45, 7) is -0.198. The van der Waals surface area contributed by atoms with E-state index < -0.39 is 5.97 Å². The molecule has 102 valence electrons. The molecule has 1 aliphatic rings. The molecule has 4 nitrogen and oxygen atoms in total. The van der Waals surface area contributed by atoms with Gasteiger partial charge in [0.25, 0.3) is 5.91 Å². The van der Waals surface area contributed by atoms with E-state index in [1.165, 1.54) is 11.8 Å². The van der Waals surface area contributed by atoms with Crippen LogP contribution in [0.4, 0.5) is 0 Å². The first kappa shape index (κ1) is 14.2. The number of esters is 1. The number of thioether (sulfide) groups is 1. The zero-order chi connectivity index (χ0) is 13.7. The zero-order valence-corrected chi connectivity index (χ0v) is 11.8. The van der Waals surface area contributed by atoms with Crippen LogP contribution in [0.5, 0.6) is 0 Å². The number of carbonyl (C=O) groups is 2. The zero-order valence-electron chi connectivity index (χ0n) is 10.2. The molecule has 1 saturated carbocycles. The first-order chi connectivity index (χ1) is 9.13. The molecule has 1 aromatic carbocycles. The molecule has 1 fully saturated rings. The number of benzene rings is 1. The number of nitrogens with one attached hydrogen (secondary N) is 1. The molecule has 19 heavy (non-hydrogen) atoms. The lowest BCUT2D eigenvalue weighted by atomic mass is 10.4. The van der Waals surface area contributed by atoms with Gasteiger partial charge in [0.2, 0.25) is 0 Å². The first-order valence-corrected chi connectivity index (χ1v) is 7.33. The highest BCUT2D eigenvalue weighted by molar-refractivity contribution is 8.00. The second-order valence-corrected chi connectivity index (χ2v) is 5.73. The molecule has 2 rings (SSSR count). The summed E-state index contributed by atoms with van der Waals surface area (Å²) in [5, 5.41) is 3.41. The Bertz CT molecular complexity index is 459. The highest BCUT2D eigenvalue weighted by Crippen LogP contribution is 2.20. The lowest BCUT2D eigenvalue weighted by Crippen LogP contribution is -2.30. The number of hydrogen-bond acceptors (Lipinski definition) is 4. The van der Waals surface area contributed by atoms with Crippen molar-refractivity contribution < 1.29 is 14.3 Å². The third-order valence-corrected chi connectivity index (χ3v) is 3.71. The Morgan fingerprint density at radius 1 is 1.32 bits per heavy atom. The van der Waals surface area contributed by atoms with Crippen LogP contribution in [0, 0.1) is 0 Å². The predicted octanol–water partition coefficient (Wildman–Crippen LogP) is 2.25. The van der Waals surface area contributed by atoms with Gasteiger partial charge in [0, 0.05) is 16.0 Å². The van der Waals surface area contributed by atoms with Crippen molar-refractivity contribution in [1.82, 2.24) is 5.32 Å². The van der Waals surface area contributed by atoms with Crippen molar-refractivity contribution in [3.05, 3.63) is 29.3 Å². The molecule has 0 aromatic heterocycles. The van der Waals surface area contributed by atoms with Crippen LogP contribution in [0.1, 0.15) is 12.8 Å². The average molecular weight is 300 g/mol. The third kappa shape index (κ3) is 5.53. The van der Waals surface area contributed by atoms with E-state index in [-0.39, 0.29) is 24.3 Å². The van der Waals surface area contributed by atoms with Crippen molar-refractivity contribution in [2.24, 2.45) is 0 Å². The third-order valence-electron chi connectivity index (χ3n) is 2.48. The van der Waals surface area contributed by atoms with Gasteiger partial charge in [-0.3, -0.25) is 9.59 Å². The van der Waals surface area contributed by atoms with E-state index in [2.05, 4.69) is 5.32 Å². The average Bonchev–Trinajstić information content (AvgIpc) is 3.19. The molecule has 0 bridgehead atoms. The van der Waals surface area contributed by atoms with Crippen LogP contribution >= 0.6 is 23.4 Å². The summed E-state index contributed by atoms with van der Waals surface area (Å²) in [5.41, 5.74) is 0. The fourth-order valence-corrected chi connectivity index (χ4v) is 2.18. The van der Waals surface area contributed by atoms with Gasteiger partial charge in [0.15, 0.2) is 6.61 Å². The molecule has 0 aliphatic heterocycles. The Balaban J connectivity index is 1.63. The Labute approximate surface area is 120 Å². The van der Waals surface area contributed by atoms with Crippen LogP contribution < -0.4 is 5.32 Å². The molecule has 1 aromatic rings. The summed E-state index contributed by atoms with van der Waals surface area (Å²) >= 11 is 7.11. The molecular weight excluding hydrogens is 286 g/mol. The van der Waals surface area contributed by atoms with E-state index >= 15 is 0 Å². The maximum atomic E-state index is 11.4. The molecule has 0 unspecified atom stereocenters. The molecule has 0 atom stereocenters. The van der Waals surface area contributed by atoms with Gasteiger partial charge >= 0.3 is 5.97 Å². The van der Waals surface area contributed by atoms with Crippen LogP contribution in [0.2, 0.25) is 5.02 Å². The fourth-order valence-electron chi connectivity index (χ4n) is 1.36. The van der Waals surface area contributed by atoms with E-state index in [0.29, 0.717) is 5.02 Å². The van der Waals surface area contributed by atoms with E-state index in [1.807, 2.05) is 12.1 Å². The van der Waals surface area contributed by atoms with Gasteiger partial charge in [0.05, 0.1) is 5.75 Å². The van der Waals surface area contributed by atoms with E-state index in [9.17, 15) is 9.59 Å². The molecule has 0 radical (unpaired) electrons. The van der Waals surface area contributed by atoms with Crippen molar-refractivity contribution in [2.45, 2.75) is 23.8 Å². The summed E-state index contributed by atoms with van der Waals surface area (Å²) in [6.07, 6.45) is 2.04. The number of halogens is 1. The van der Waals surface area contributed by atoms with Gasteiger partial charge in [0.1, 0.15) is 0 Å². The molecule has 6 heteroatoms. The predicted molar refractivity (Wildman–Crippen MR) is 74.3 cm³/mol. The van der Waals surface area contributed by atoms with Crippen molar-refractivity contribution in [1.29, 1.82) is 0 Å². The minimum absolute atomic E-state index is 0.179. The van der Waals surface area contributed by atoms with Gasteiger partial charge in [-0.1, -0.05) is 11.6 Å². The minimum atomic E-state index is -0.397. The number of hydrogen-bond donors (Lipinski definition) is 1. The van der Waals surface area contributed by atoms with Crippen LogP contribution in [0.15, 0.2) is 29.2 Å². The van der Waals surface area contributed by atoms with Crippen molar-refractivity contribution in [2.75, 3.05) is 12.4 Å². The lowest BCUT2D eigenvalue weighted by Gasteiger charge is -2.05. The van der Waals surface area contributed by atoms with Gasteiger partial charge in [-0.05, 0) is 37.1 Å². The Morgan fingerprint density at radius 3 is 2.63 bits per heavy atom. The SMILES string of the molecule is O=C(COC(=O)CSc1ccc(Cl)cc1)NC1CC1. The summed E-state index contributed by atoms with van der Waals surface area (Å²) in [7, 11) is 0. The summed E-state index contributed by atoms with van der Waals surface area (Å²) in [5.74, 6) is -0.448. The molecule has 0 spiro atoms. The molecule has 0 saturated heterocycles. The maximum Gasteiger partial charge on any atom is 0.316 e. The summed E-state index contributed by atoms with van der Waals surface area (Å²) < 4.78 is 4.88. The van der Waals surface area contributed by atoms with Crippen LogP contribution in [-0.2, 0) is 14.3 Å². The van der Waals surface area contributed by atoms with Crippen LogP contribution in [0.25, 0.3) is 0 Å². The topological polar surface area (TPSA) is 55.4 Å². The van der Waals surface area contributed by atoms with Crippen LogP contribution in [-0.4, -0.2) is 30.3 Å². The lowest BCUT2D eigenvalue weighted by molar-refractivity contribution is -0.145. The second-order valence-electron chi connectivity index (χ2n) is 4.25. The highest BCUT2D eigenvalue weighted by atomic mass is 35.5. The van der Waals surface area contributed by atoms with Crippen LogP contribution in [0.3, 0.4) is 0 Å². The van der Waals surface area contributed by atoms with Crippen molar-refractivity contribution >= 4 is 35.2 Å². The van der Waals surface area contributed by atoms with Gasteiger partial charge in [-0.15, -0.1) is 11.8 Å². The number of ether oxygens (including phenoxy) is 1. The maximum absolute atomic E-state index is 11.4. The molecule has 0 heterocycles. The summed E-state index contributed by atoms with van der Waals surface area (Å²) in [4.78, 5) is 23.7. The van der Waals surface area contributed by atoms with E-state index in [1.54, 1.807) is 12.1 Å². The minimum Gasteiger partial charge on any atom is -0.455 e. The smallest absolute Gasteiger partial charge is 0.316 e. The Kier molecular flexibility index (Phi) is 5.10. The van der Waals surface area contributed by atoms with Gasteiger partial charge in [-0.25, -0.2) is 0 Å². The van der Waals surface area contributed by atoms with Gasteiger partial charge < -0.3 is 10.1 Å². The fraction of sp³-hybridized carbons (Fsp3) is 0.385. The van der Waals surface area contributed by atoms with Crippen molar-refractivity contribution in [3.63, 3.8) is 0 Å². The number of rotatable bonds is 6. The molecule has 1 N–H and O–H groups in total. The molecular formula is C13H14ClNO3S. The number of amides is 1. The monoisotopic (exact) mass is 299 g/mol. The molecule has 1 amide bonds. The van der Waals surface area contributed by atoms with E-state index in [0.717, 1.165) is 17.7 Å². The quantitative estimate of drug-likeness (QED) is 0.646. The Hall–Kier alpha value is -1.20. The number of carbonyl (C=O) groups excluding carboxylic acids is 2. The van der Waals surface area contributed by atoms with Gasteiger partial charge in [-0.2, -0.15) is 0 Å².